The van der Waals surface area contributed by atoms with Gasteiger partial charge in [0, 0.05) is 24.2 Å². The molecule has 0 unspecified atom stereocenters. The third kappa shape index (κ3) is 3.30. The van der Waals surface area contributed by atoms with E-state index in [1.165, 1.54) is 32.1 Å². The van der Waals surface area contributed by atoms with Crippen molar-refractivity contribution in [2.24, 2.45) is 17.1 Å². The highest BCUT2D eigenvalue weighted by atomic mass is 16.5. The number of nitrogens with zero attached hydrogens (tertiary/aromatic N) is 1. The van der Waals surface area contributed by atoms with Gasteiger partial charge in [-0.1, -0.05) is 27.2 Å². The summed E-state index contributed by atoms with van der Waals surface area (Å²) in [5.74, 6) is 0.853. The number of nitrogens with two attached hydrogens (primary N) is 1. The molecule has 1 aliphatic carbocycles. The Bertz CT molecular complexity index is 343. The molecule has 0 radical (unpaired) electrons. The minimum Gasteiger partial charge on any atom is -0.378 e. The van der Waals surface area contributed by atoms with E-state index >= 15 is 0 Å². The lowest BCUT2D eigenvalue weighted by atomic mass is 9.64. The zero-order valence-electron chi connectivity index (χ0n) is 14.9. The molecule has 2 rings (SSSR count). The molecule has 2 aliphatic rings. The largest absolute Gasteiger partial charge is 0.378 e. The van der Waals surface area contributed by atoms with Crippen LogP contribution in [0.25, 0.3) is 0 Å². The van der Waals surface area contributed by atoms with Crippen molar-refractivity contribution in [1.82, 2.24) is 4.90 Å². The van der Waals surface area contributed by atoms with E-state index in [0.717, 1.165) is 32.2 Å². The fraction of sp³-hybridized carbons (Fsp3) is 1.00. The molecule has 0 atom stereocenters. The molecule has 0 aromatic heterocycles. The number of morpholine rings is 1. The Morgan fingerprint density at radius 3 is 2.33 bits per heavy atom. The minimum atomic E-state index is 0.116. The SMILES string of the molecule is CCC(C)(C)C1CCC(CN)(N2CCOCC2(C)C)CC1. The maximum Gasteiger partial charge on any atom is 0.0645 e. The van der Waals surface area contributed by atoms with Gasteiger partial charge in [0.25, 0.3) is 0 Å². The Morgan fingerprint density at radius 1 is 1.24 bits per heavy atom. The molecule has 0 amide bonds. The molecule has 0 aromatic rings. The number of hydrogen-bond donors (Lipinski definition) is 1. The van der Waals surface area contributed by atoms with Gasteiger partial charge in [-0.2, -0.15) is 0 Å². The predicted octanol–water partition coefficient (Wildman–Crippen LogP) is 3.42. The molecule has 2 N–H and O–H groups in total. The van der Waals surface area contributed by atoms with Crippen molar-refractivity contribution in [1.29, 1.82) is 0 Å². The van der Waals surface area contributed by atoms with Gasteiger partial charge in [-0.25, -0.2) is 0 Å². The first-order valence-electron chi connectivity index (χ1n) is 8.83. The second kappa shape index (κ2) is 6.17. The molecule has 3 heteroatoms. The van der Waals surface area contributed by atoms with E-state index < -0.39 is 0 Å². The van der Waals surface area contributed by atoms with Gasteiger partial charge >= 0.3 is 0 Å². The Kier molecular flexibility index (Phi) is 5.07. The Morgan fingerprint density at radius 2 is 1.86 bits per heavy atom. The number of ether oxygens (including phenoxy) is 1. The van der Waals surface area contributed by atoms with Gasteiger partial charge in [0.15, 0.2) is 0 Å². The lowest BCUT2D eigenvalue weighted by Crippen LogP contribution is -2.67. The zero-order chi connectivity index (χ0) is 15.7. The first-order chi connectivity index (χ1) is 9.77. The third-order valence-electron chi connectivity index (χ3n) is 6.53. The van der Waals surface area contributed by atoms with E-state index in [0.29, 0.717) is 5.41 Å². The summed E-state index contributed by atoms with van der Waals surface area (Å²) in [6, 6.07) is 0. The van der Waals surface area contributed by atoms with Gasteiger partial charge < -0.3 is 10.5 Å². The van der Waals surface area contributed by atoms with Crippen LogP contribution in [0.3, 0.4) is 0 Å². The normalized spacial score (nSPS) is 34.9. The van der Waals surface area contributed by atoms with E-state index in [4.69, 9.17) is 10.5 Å². The van der Waals surface area contributed by atoms with Gasteiger partial charge in [-0.15, -0.1) is 0 Å². The minimum absolute atomic E-state index is 0.116. The topological polar surface area (TPSA) is 38.5 Å². The maximum atomic E-state index is 6.29. The highest BCUT2D eigenvalue weighted by Gasteiger charge is 2.47. The molecule has 124 valence electrons. The average Bonchev–Trinajstić information content (AvgIpc) is 2.47. The van der Waals surface area contributed by atoms with E-state index in [2.05, 4.69) is 39.5 Å². The molecule has 2 fully saturated rings. The van der Waals surface area contributed by atoms with Crippen molar-refractivity contribution < 1.29 is 4.74 Å². The van der Waals surface area contributed by atoms with E-state index in [1.807, 2.05) is 0 Å². The maximum absolute atomic E-state index is 6.29. The predicted molar refractivity (Wildman–Crippen MR) is 89.4 cm³/mol. The molecule has 0 bridgehead atoms. The molecule has 1 aliphatic heterocycles. The molecule has 1 saturated carbocycles. The van der Waals surface area contributed by atoms with Crippen LogP contribution in [-0.2, 0) is 4.74 Å². The second-order valence-corrected chi connectivity index (χ2v) is 8.56. The highest BCUT2D eigenvalue weighted by molar-refractivity contribution is 5.03. The first kappa shape index (κ1) is 17.2. The Labute approximate surface area is 131 Å². The first-order valence-corrected chi connectivity index (χ1v) is 8.83. The number of rotatable bonds is 4. The molecular weight excluding hydrogens is 260 g/mol. The summed E-state index contributed by atoms with van der Waals surface area (Å²) < 4.78 is 5.71. The molecule has 0 spiro atoms. The summed E-state index contributed by atoms with van der Waals surface area (Å²) >= 11 is 0. The monoisotopic (exact) mass is 296 g/mol. The lowest BCUT2D eigenvalue weighted by molar-refractivity contribution is -0.120. The summed E-state index contributed by atoms with van der Waals surface area (Å²) in [5.41, 5.74) is 7.09. The molecule has 1 saturated heterocycles. The fourth-order valence-corrected chi connectivity index (χ4v) is 4.55. The quantitative estimate of drug-likeness (QED) is 0.864. The summed E-state index contributed by atoms with van der Waals surface area (Å²) in [5, 5.41) is 0. The standard InChI is InChI=1S/C18H36N2O/c1-6-16(2,3)15-7-9-18(13-19,10-8-15)20-11-12-21-14-17(20,4)5/h15H,6-14,19H2,1-5H3. The smallest absolute Gasteiger partial charge is 0.0645 e. The molecule has 0 aromatic carbocycles. The van der Waals surface area contributed by atoms with Crippen molar-refractivity contribution in [3.05, 3.63) is 0 Å². The highest BCUT2D eigenvalue weighted by Crippen LogP contribution is 2.46. The van der Waals surface area contributed by atoms with E-state index in [9.17, 15) is 0 Å². The molecular formula is C18H36N2O. The summed E-state index contributed by atoms with van der Waals surface area (Å²) in [6.45, 7) is 15.3. The van der Waals surface area contributed by atoms with Crippen molar-refractivity contribution in [3.8, 4) is 0 Å². The van der Waals surface area contributed by atoms with Crippen LogP contribution in [0.4, 0.5) is 0 Å². The Hall–Kier alpha value is -0.120. The Balaban J connectivity index is 2.11. The van der Waals surface area contributed by atoms with Gasteiger partial charge in [-0.05, 0) is 50.9 Å². The van der Waals surface area contributed by atoms with Gasteiger partial charge in [0.2, 0.25) is 0 Å². The second-order valence-electron chi connectivity index (χ2n) is 8.56. The van der Waals surface area contributed by atoms with Gasteiger partial charge in [0.1, 0.15) is 0 Å². The van der Waals surface area contributed by atoms with Crippen LogP contribution in [-0.4, -0.2) is 42.3 Å². The van der Waals surface area contributed by atoms with Crippen LogP contribution >= 0.6 is 0 Å². The van der Waals surface area contributed by atoms with Crippen LogP contribution in [0.5, 0.6) is 0 Å². The van der Waals surface area contributed by atoms with Crippen molar-refractivity contribution in [2.45, 2.75) is 77.8 Å². The summed E-state index contributed by atoms with van der Waals surface area (Å²) in [4.78, 5) is 2.68. The van der Waals surface area contributed by atoms with Crippen LogP contribution in [0.15, 0.2) is 0 Å². The average molecular weight is 296 g/mol. The third-order valence-corrected chi connectivity index (χ3v) is 6.53. The van der Waals surface area contributed by atoms with Crippen LogP contribution in [0.1, 0.15) is 66.7 Å². The van der Waals surface area contributed by atoms with E-state index in [1.54, 1.807) is 0 Å². The van der Waals surface area contributed by atoms with Gasteiger partial charge in [0.05, 0.1) is 13.2 Å². The summed E-state index contributed by atoms with van der Waals surface area (Å²) in [6.07, 6.45) is 6.43. The molecule has 1 heterocycles. The lowest BCUT2D eigenvalue weighted by Gasteiger charge is -2.57. The van der Waals surface area contributed by atoms with Crippen molar-refractivity contribution >= 4 is 0 Å². The van der Waals surface area contributed by atoms with Crippen molar-refractivity contribution in [2.75, 3.05) is 26.3 Å². The van der Waals surface area contributed by atoms with Crippen LogP contribution in [0, 0.1) is 11.3 Å². The van der Waals surface area contributed by atoms with Crippen LogP contribution in [0.2, 0.25) is 0 Å². The number of hydrogen-bond acceptors (Lipinski definition) is 3. The van der Waals surface area contributed by atoms with Crippen molar-refractivity contribution in [3.63, 3.8) is 0 Å². The molecule has 21 heavy (non-hydrogen) atoms. The van der Waals surface area contributed by atoms with E-state index in [-0.39, 0.29) is 11.1 Å². The summed E-state index contributed by atoms with van der Waals surface area (Å²) in [7, 11) is 0. The fourth-order valence-electron chi connectivity index (χ4n) is 4.55. The van der Waals surface area contributed by atoms with Gasteiger partial charge in [-0.3, -0.25) is 4.90 Å². The zero-order valence-corrected chi connectivity index (χ0v) is 14.9. The van der Waals surface area contributed by atoms with Crippen LogP contribution < -0.4 is 5.73 Å². The molecule has 3 nitrogen and oxygen atoms in total.